The number of hydrogen-bond acceptors (Lipinski definition) is 5. The molecule has 0 spiro atoms. The number of hydrogen-bond donors (Lipinski definition) is 0. The molecule has 0 atom stereocenters. The minimum absolute atomic E-state index is 0.0299. The molecule has 0 bridgehead atoms. The van der Waals surface area contributed by atoms with E-state index in [-0.39, 0.29) is 5.91 Å². The van der Waals surface area contributed by atoms with E-state index in [9.17, 15) is 4.79 Å². The number of halogens is 1. The molecule has 0 unspecified atom stereocenters. The Kier molecular flexibility index (Phi) is 4.97. The predicted octanol–water partition coefficient (Wildman–Crippen LogP) is 3.71. The van der Waals surface area contributed by atoms with Crippen LogP contribution >= 0.6 is 22.9 Å². The number of rotatable bonds is 4. The molecule has 1 amide bonds. The second-order valence-corrected chi connectivity index (χ2v) is 7.48. The van der Waals surface area contributed by atoms with Gasteiger partial charge in [0.2, 0.25) is 5.91 Å². The number of carbonyl (C=O) groups is 1. The van der Waals surface area contributed by atoms with Crippen LogP contribution in [0.5, 0.6) is 0 Å². The largest absolute Gasteiger partial charge is 0.293 e. The molecular formula is C19H17ClN4OS. The molecule has 0 saturated carbocycles. The van der Waals surface area contributed by atoms with Crippen LogP contribution in [0, 0.1) is 0 Å². The zero-order valence-electron chi connectivity index (χ0n) is 14.0. The lowest BCUT2D eigenvalue weighted by atomic mass is 10.1. The molecule has 1 aromatic carbocycles. The lowest BCUT2D eigenvalue weighted by Gasteiger charge is -2.33. The van der Waals surface area contributed by atoms with Gasteiger partial charge in [-0.3, -0.25) is 14.6 Å². The molecule has 3 aromatic rings. The predicted molar refractivity (Wildman–Crippen MR) is 104 cm³/mol. The Balaban J connectivity index is 1.42. The quantitative estimate of drug-likeness (QED) is 0.688. The number of carbonyl (C=O) groups excluding carboxylic acids is 1. The van der Waals surface area contributed by atoms with Crippen molar-refractivity contribution in [2.75, 3.05) is 24.5 Å². The van der Waals surface area contributed by atoms with Crippen LogP contribution in [0.15, 0.2) is 53.9 Å². The maximum absolute atomic E-state index is 12.5. The highest BCUT2D eigenvalue weighted by molar-refractivity contribution is 7.13. The molecule has 2 aromatic heterocycles. The third kappa shape index (κ3) is 3.77. The molecular weight excluding hydrogens is 368 g/mol. The van der Waals surface area contributed by atoms with Gasteiger partial charge in [0.15, 0.2) is 11.0 Å². The van der Waals surface area contributed by atoms with Crippen molar-refractivity contribution in [2.24, 2.45) is 0 Å². The number of piperazine rings is 1. The summed E-state index contributed by atoms with van der Waals surface area (Å²) in [5.74, 6) is 0.584. The normalized spacial score (nSPS) is 15.4. The van der Waals surface area contributed by atoms with Crippen molar-refractivity contribution in [2.45, 2.75) is 6.54 Å². The van der Waals surface area contributed by atoms with E-state index in [0.29, 0.717) is 24.1 Å². The smallest absolute Gasteiger partial charge is 0.242 e. The van der Waals surface area contributed by atoms with Gasteiger partial charge < -0.3 is 0 Å². The van der Waals surface area contributed by atoms with Crippen molar-refractivity contribution in [3.63, 3.8) is 0 Å². The van der Waals surface area contributed by atoms with Crippen molar-refractivity contribution in [1.29, 1.82) is 0 Å². The van der Waals surface area contributed by atoms with Gasteiger partial charge in [0.05, 0.1) is 6.54 Å². The molecule has 0 radical (unpaired) electrons. The highest BCUT2D eigenvalue weighted by Gasteiger charge is 2.26. The fourth-order valence-corrected chi connectivity index (χ4v) is 3.90. The van der Waals surface area contributed by atoms with E-state index < -0.39 is 0 Å². The van der Waals surface area contributed by atoms with Gasteiger partial charge in [0.1, 0.15) is 0 Å². The molecule has 26 heavy (non-hydrogen) atoms. The third-order valence-electron chi connectivity index (χ3n) is 4.33. The van der Waals surface area contributed by atoms with Crippen LogP contribution in [-0.2, 0) is 11.3 Å². The summed E-state index contributed by atoms with van der Waals surface area (Å²) in [4.78, 5) is 17.6. The Bertz CT molecular complexity index is 898. The molecule has 132 valence electrons. The van der Waals surface area contributed by atoms with Crippen LogP contribution in [0.4, 0.5) is 5.82 Å². The average Bonchev–Trinajstić information content (AvgIpc) is 3.18. The van der Waals surface area contributed by atoms with Crippen LogP contribution in [-0.4, -0.2) is 40.6 Å². The molecule has 1 fully saturated rings. The summed E-state index contributed by atoms with van der Waals surface area (Å²) in [6.07, 6.45) is 0. The maximum atomic E-state index is 12.5. The first-order valence-electron chi connectivity index (χ1n) is 8.34. The van der Waals surface area contributed by atoms with Gasteiger partial charge in [-0.2, -0.15) is 0 Å². The molecule has 7 heteroatoms. The number of amides is 1. The Labute approximate surface area is 160 Å². The fourth-order valence-electron chi connectivity index (χ4n) is 3.08. The van der Waals surface area contributed by atoms with E-state index in [2.05, 4.69) is 56.9 Å². The number of aromatic nitrogens is 2. The standard InChI is InChI=1S/C19H17ClN4OS/c20-17-6-7-18(22-21-17)24-9-8-23(13-19(24)25)12-14-3-1-4-15(11-14)16-5-2-10-26-16/h1-7,10-11H,8-9,12-13H2. The van der Waals surface area contributed by atoms with Gasteiger partial charge in [-0.1, -0.05) is 35.9 Å². The third-order valence-corrected chi connectivity index (χ3v) is 5.45. The first-order valence-corrected chi connectivity index (χ1v) is 9.59. The van der Waals surface area contributed by atoms with Crippen LogP contribution in [0.1, 0.15) is 5.56 Å². The number of benzene rings is 1. The number of anilines is 1. The highest BCUT2D eigenvalue weighted by Crippen LogP contribution is 2.26. The Hall–Kier alpha value is -2.28. The van der Waals surface area contributed by atoms with Gasteiger partial charge >= 0.3 is 0 Å². The summed E-state index contributed by atoms with van der Waals surface area (Å²) >= 11 is 7.50. The summed E-state index contributed by atoms with van der Waals surface area (Å²) in [5.41, 5.74) is 2.43. The molecule has 1 aliphatic heterocycles. The van der Waals surface area contributed by atoms with Crippen LogP contribution in [0.2, 0.25) is 5.15 Å². The SMILES string of the molecule is O=C1CN(Cc2cccc(-c3cccs3)c2)CCN1c1ccc(Cl)nn1. The lowest BCUT2D eigenvalue weighted by molar-refractivity contribution is -0.121. The molecule has 1 aliphatic rings. The zero-order chi connectivity index (χ0) is 17.9. The molecule has 4 rings (SSSR count). The Morgan fingerprint density at radius 1 is 1.08 bits per heavy atom. The van der Waals surface area contributed by atoms with Crippen LogP contribution < -0.4 is 4.90 Å². The second kappa shape index (κ2) is 7.53. The van der Waals surface area contributed by atoms with E-state index in [1.54, 1.807) is 28.4 Å². The van der Waals surface area contributed by atoms with Gasteiger partial charge in [0, 0.05) is 24.5 Å². The van der Waals surface area contributed by atoms with Crippen molar-refractivity contribution >= 4 is 34.7 Å². The molecule has 3 heterocycles. The topological polar surface area (TPSA) is 49.3 Å². The molecule has 0 aliphatic carbocycles. The molecule has 1 saturated heterocycles. The molecule has 0 N–H and O–H groups in total. The number of thiophene rings is 1. The number of nitrogens with zero attached hydrogens (tertiary/aromatic N) is 4. The second-order valence-electron chi connectivity index (χ2n) is 6.15. The van der Waals surface area contributed by atoms with Gasteiger partial charge in [-0.05, 0) is 40.8 Å². The van der Waals surface area contributed by atoms with E-state index in [1.165, 1.54) is 16.0 Å². The summed E-state index contributed by atoms with van der Waals surface area (Å²) in [6.45, 7) is 2.51. The minimum atomic E-state index is 0.0299. The lowest BCUT2D eigenvalue weighted by Crippen LogP contribution is -2.50. The summed E-state index contributed by atoms with van der Waals surface area (Å²) in [5, 5.41) is 10.2. The summed E-state index contributed by atoms with van der Waals surface area (Å²) in [6, 6.07) is 16.1. The van der Waals surface area contributed by atoms with Crippen molar-refractivity contribution in [3.8, 4) is 10.4 Å². The van der Waals surface area contributed by atoms with E-state index >= 15 is 0 Å². The fraction of sp³-hybridized carbons (Fsp3) is 0.211. The highest BCUT2D eigenvalue weighted by atomic mass is 35.5. The van der Waals surface area contributed by atoms with Crippen molar-refractivity contribution < 1.29 is 4.79 Å². The Morgan fingerprint density at radius 2 is 2.00 bits per heavy atom. The monoisotopic (exact) mass is 384 g/mol. The van der Waals surface area contributed by atoms with Gasteiger partial charge in [-0.15, -0.1) is 21.5 Å². The van der Waals surface area contributed by atoms with Crippen molar-refractivity contribution in [1.82, 2.24) is 15.1 Å². The van der Waals surface area contributed by atoms with E-state index in [0.717, 1.165) is 13.1 Å². The molecule has 5 nitrogen and oxygen atoms in total. The van der Waals surface area contributed by atoms with E-state index in [4.69, 9.17) is 11.6 Å². The first-order chi connectivity index (χ1) is 12.7. The van der Waals surface area contributed by atoms with Crippen molar-refractivity contribution in [3.05, 3.63) is 64.6 Å². The minimum Gasteiger partial charge on any atom is -0.293 e. The Morgan fingerprint density at radius 3 is 2.73 bits per heavy atom. The average molecular weight is 385 g/mol. The van der Waals surface area contributed by atoms with E-state index in [1.807, 2.05) is 0 Å². The maximum Gasteiger partial charge on any atom is 0.242 e. The first kappa shape index (κ1) is 17.1. The zero-order valence-corrected chi connectivity index (χ0v) is 15.6. The van der Waals surface area contributed by atoms with Crippen LogP contribution in [0.3, 0.4) is 0 Å². The van der Waals surface area contributed by atoms with Gasteiger partial charge in [0.25, 0.3) is 0 Å². The van der Waals surface area contributed by atoms with Gasteiger partial charge in [-0.25, -0.2) is 0 Å². The van der Waals surface area contributed by atoms with Crippen LogP contribution in [0.25, 0.3) is 10.4 Å². The summed E-state index contributed by atoms with van der Waals surface area (Å²) < 4.78 is 0. The summed E-state index contributed by atoms with van der Waals surface area (Å²) in [7, 11) is 0.